The van der Waals surface area contributed by atoms with E-state index in [2.05, 4.69) is 20.9 Å². The quantitative estimate of drug-likeness (QED) is 0.753. The van der Waals surface area contributed by atoms with Gasteiger partial charge in [0.05, 0.1) is 16.2 Å². The Morgan fingerprint density at radius 1 is 1.24 bits per heavy atom. The molecule has 1 aliphatic heterocycles. The molecule has 0 aliphatic carbocycles. The molecule has 0 unspecified atom stereocenters. The maximum Gasteiger partial charge on any atom is 0.335 e. The Morgan fingerprint density at radius 2 is 2.00 bits per heavy atom. The van der Waals surface area contributed by atoms with Gasteiger partial charge in [0.1, 0.15) is 0 Å². The molecule has 0 aromatic heterocycles. The number of halogens is 1. The number of hydrogen-bond donors (Lipinski definition) is 1. The molecule has 1 N–H and O–H groups in total. The van der Waals surface area contributed by atoms with Gasteiger partial charge in [0.25, 0.3) is 5.91 Å². The highest BCUT2D eigenvalue weighted by molar-refractivity contribution is 9.10. The number of amidine groups is 1. The molecule has 3 rings (SSSR count). The molecule has 2 aromatic carbocycles. The summed E-state index contributed by atoms with van der Waals surface area (Å²) in [7, 11) is 1.65. The molecule has 5 nitrogen and oxygen atoms in total. The first-order chi connectivity index (χ1) is 11.9. The van der Waals surface area contributed by atoms with E-state index in [4.69, 9.17) is 5.11 Å². The van der Waals surface area contributed by atoms with Crippen LogP contribution in [0.4, 0.5) is 5.69 Å². The number of carboxylic acid groups (broad SMARTS) is 1. The number of aliphatic imine (C=N–C) groups is 1. The van der Waals surface area contributed by atoms with Crippen LogP contribution in [0.15, 0.2) is 62.9 Å². The van der Waals surface area contributed by atoms with E-state index >= 15 is 0 Å². The van der Waals surface area contributed by atoms with Crippen LogP contribution in [0.5, 0.6) is 0 Å². The van der Waals surface area contributed by atoms with Gasteiger partial charge in [-0.05, 0) is 53.7 Å². The van der Waals surface area contributed by atoms with E-state index < -0.39 is 5.97 Å². The zero-order chi connectivity index (χ0) is 18.0. The molecular formula is C18H13BrN2O3S. The van der Waals surface area contributed by atoms with Crippen LogP contribution < -0.4 is 0 Å². The van der Waals surface area contributed by atoms with E-state index in [-0.39, 0.29) is 11.5 Å². The summed E-state index contributed by atoms with van der Waals surface area (Å²) in [6, 6.07) is 14.0. The highest BCUT2D eigenvalue weighted by Gasteiger charge is 2.30. The number of carbonyl (C=O) groups is 2. The van der Waals surface area contributed by atoms with Gasteiger partial charge in [-0.2, -0.15) is 0 Å². The summed E-state index contributed by atoms with van der Waals surface area (Å²) in [6.45, 7) is 0. The molecule has 25 heavy (non-hydrogen) atoms. The summed E-state index contributed by atoms with van der Waals surface area (Å²) in [6.07, 6.45) is 1.81. The van der Waals surface area contributed by atoms with Crippen molar-refractivity contribution >= 4 is 56.5 Å². The minimum atomic E-state index is -1.01. The summed E-state index contributed by atoms with van der Waals surface area (Å²) in [5.74, 6) is -1.15. The fourth-order valence-corrected chi connectivity index (χ4v) is 3.62. The van der Waals surface area contributed by atoms with Crippen LogP contribution >= 0.6 is 27.7 Å². The van der Waals surface area contributed by atoms with E-state index in [1.807, 2.05) is 30.3 Å². The van der Waals surface area contributed by atoms with Crippen molar-refractivity contribution in [1.82, 2.24) is 4.90 Å². The Balaban J connectivity index is 1.91. The molecular weight excluding hydrogens is 404 g/mol. The first-order valence-corrected chi connectivity index (χ1v) is 8.90. The molecule has 0 spiro atoms. The number of amides is 1. The van der Waals surface area contributed by atoms with Gasteiger partial charge in [0.2, 0.25) is 0 Å². The maximum atomic E-state index is 12.4. The van der Waals surface area contributed by atoms with Crippen molar-refractivity contribution in [3.8, 4) is 0 Å². The standard InChI is InChI=1S/C18H13BrN2O3S/c1-21-16(22)15(9-11-4-2-6-13(19)8-11)25-18(21)20-14-7-3-5-12(10-14)17(23)24/h2-10H,1H3,(H,23,24)/b15-9-,20-18?. The van der Waals surface area contributed by atoms with Crippen molar-refractivity contribution in [2.45, 2.75) is 0 Å². The van der Waals surface area contributed by atoms with E-state index in [1.54, 1.807) is 19.2 Å². The summed E-state index contributed by atoms with van der Waals surface area (Å²) in [5, 5.41) is 9.57. The second kappa shape index (κ2) is 7.25. The van der Waals surface area contributed by atoms with Crippen molar-refractivity contribution in [1.29, 1.82) is 0 Å². The number of rotatable bonds is 3. The molecule has 0 saturated carbocycles. The fraction of sp³-hybridized carbons (Fsp3) is 0.0556. The van der Waals surface area contributed by atoms with Gasteiger partial charge in [-0.3, -0.25) is 9.69 Å². The topological polar surface area (TPSA) is 70.0 Å². The van der Waals surface area contributed by atoms with Crippen LogP contribution in [-0.2, 0) is 4.79 Å². The SMILES string of the molecule is CN1C(=O)/C(=C/c2cccc(Br)c2)SC1=Nc1cccc(C(=O)O)c1. The second-order valence-corrected chi connectivity index (χ2v) is 7.20. The predicted molar refractivity (Wildman–Crippen MR) is 103 cm³/mol. The zero-order valence-corrected chi connectivity index (χ0v) is 15.5. The van der Waals surface area contributed by atoms with Gasteiger partial charge < -0.3 is 5.11 Å². The van der Waals surface area contributed by atoms with Crippen molar-refractivity contribution in [3.05, 3.63) is 69.0 Å². The summed E-state index contributed by atoms with van der Waals surface area (Å²) >= 11 is 4.67. The number of nitrogens with zero attached hydrogens (tertiary/aromatic N) is 2. The number of hydrogen-bond acceptors (Lipinski definition) is 4. The van der Waals surface area contributed by atoms with Gasteiger partial charge in [-0.15, -0.1) is 0 Å². The van der Waals surface area contributed by atoms with Crippen molar-refractivity contribution in [3.63, 3.8) is 0 Å². The van der Waals surface area contributed by atoms with Crippen molar-refractivity contribution in [2.75, 3.05) is 7.05 Å². The van der Waals surface area contributed by atoms with Gasteiger partial charge in [0, 0.05) is 11.5 Å². The smallest absolute Gasteiger partial charge is 0.335 e. The third kappa shape index (κ3) is 4.00. The molecule has 1 aliphatic rings. The number of thioether (sulfide) groups is 1. The molecule has 7 heteroatoms. The summed E-state index contributed by atoms with van der Waals surface area (Å²) in [5.41, 5.74) is 1.56. The lowest BCUT2D eigenvalue weighted by Crippen LogP contribution is -2.23. The van der Waals surface area contributed by atoms with Gasteiger partial charge in [-0.25, -0.2) is 9.79 Å². The van der Waals surface area contributed by atoms with E-state index in [0.717, 1.165) is 10.0 Å². The lowest BCUT2D eigenvalue weighted by molar-refractivity contribution is -0.121. The molecule has 0 radical (unpaired) electrons. The largest absolute Gasteiger partial charge is 0.478 e. The first-order valence-electron chi connectivity index (χ1n) is 7.29. The fourth-order valence-electron chi connectivity index (χ4n) is 2.22. The minimum Gasteiger partial charge on any atom is -0.478 e. The molecule has 126 valence electrons. The normalized spacial score (nSPS) is 17.5. The van der Waals surface area contributed by atoms with Crippen LogP contribution in [0, 0.1) is 0 Å². The molecule has 1 saturated heterocycles. The Labute approximate surface area is 157 Å². The van der Waals surface area contributed by atoms with Crippen molar-refractivity contribution in [2.24, 2.45) is 4.99 Å². The van der Waals surface area contributed by atoms with E-state index in [1.165, 1.54) is 28.8 Å². The summed E-state index contributed by atoms with van der Waals surface area (Å²) < 4.78 is 0.935. The van der Waals surface area contributed by atoms with Crippen molar-refractivity contribution < 1.29 is 14.7 Å². The van der Waals surface area contributed by atoms with Crippen LogP contribution in [-0.4, -0.2) is 34.1 Å². The average molecular weight is 417 g/mol. The number of aromatic carboxylic acids is 1. The van der Waals surface area contributed by atoms with E-state index in [9.17, 15) is 9.59 Å². The van der Waals surface area contributed by atoms with Gasteiger partial charge >= 0.3 is 5.97 Å². The monoisotopic (exact) mass is 416 g/mol. The van der Waals surface area contributed by atoms with Crippen LogP contribution in [0.3, 0.4) is 0 Å². The Kier molecular flexibility index (Phi) is 5.06. The Hall–Kier alpha value is -2.38. The number of benzene rings is 2. The Bertz CT molecular complexity index is 924. The molecule has 0 bridgehead atoms. The second-order valence-electron chi connectivity index (χ2n) is 5.28. The predicted octanol–water partition coefficient (Wildman–Crippen LogP) is 4.38. The number of carboxylic acids is 1. The minimum absolute atomic E-state index is 0.141. The van der Waals surface area contributed by atoms with E-state index in [0.29, 0.717) is 15.8 Å². The highest BCUT2D eigenvalue weighted by atomic mass is 79.9. The highest BCUT2D eigenvalue weighted by Crippen LogP contribution is 2.33. The third-order valence-electron chi connectivity index (χ3n) is 3.47. The molecule has 2 aromatic rings. The van der Waals surface area contributed by atoms with Crippen LogP contribution in [0.1, 0.15) is 15.9 Å². The zero-order valence-electron chi connectivity index (χ0n) is 13.1. The number of carbonyl (C=O) groups excluding carboxylic acids is 1. The Morgan fingerprint density at radius 3 is 2.72 bits per heavy atom. The van der Waals surface area contributed by atoms with Gasteiger partial charge in [0.15, 0.2) is 5.17 Å². The first kappa shape index (κ1) is 17.4. The molecule has 0 atom stereocenters. The average Bonchev–Trinajstić information content (AvgIpc) is 2.83. The summed E-state index contributed by atoms with van der Waals surface area (Å²) in [4.78, 5) is 29.9. The molecule has 1 heterocycles. The lowest BCUT2D eigenvalue weighted by atomic mass is 10.2. The third-order valence-corrected chi connectivity index (χ3v) is 5.02. The molecule has 1 amide bonds. The lowest BCUT2D eigenvalue weighted by Gasteiger charge is -2.07. The molecule has 1 fully saturated rings. The van der Waals surface area contributed by atoms with Gasteiger partial charge in [-0.1, -0.05) is 34.1 Å². The van der Waals surface area contributed by atoms with Crippen LogP contribution in [0.25, 0.3) is 6.08 Å². The maximum absolute atomic E-state index is 12.4. The van der Waals surface area contributed by atoms with Crippen LogP contribution in [0.2, 0.25) is 0 Å². The number of likely N-dealkylation sites (N-methyl/N-ethyl adjacent to an activating group) is 1.